The number of nitrogens with one attached hydrogen (secondary N) is 1. The van der Waals surface area contributed by atoms with E-state index in [0.717, 1.165) is 24.2 Å². The lowest BCUT2D eigenvalue weighted by molar-refractivity contribution is 0.0206. The predicted octanol–water partition coefficient (Wildman–Crippen LogP) is 2.98. The van der Waals surface area contributed by atoms with Crippen molar-refractivity contribution in [2.45, 2.75) is 51.7 Å². The van der Waals surface area contributed by atoms with E-state index in [9.17, 15) is 9.59 Å². The molecule has 2 amide bonds. The van der Waals surface area contributed by atoms with Crippen LogP contribution in [0.4, 0.5) is 10.5 Å². The number of rotatable bonds is 5. The van der Waals surface area contributed by atoms with Crippen molar-refractivity contribution in [3.05, 3.63) is 53.6 Å². The average molecular weight is 412 g/mol. The fourth-order valence-corrected chi connectivity index (χ4v) is 3.41. The van der Waals surface area contributed by atoms with Crippen LogP contribution in [0.1, 0.15) is 55.4 Å². The van der Waals surface area contributed by atoms with E-state index in [2.05, 4.69) is 15.3 Å². The Morgan fingerprint density at radius 1 is 1.27 bits per heavy atom. The molecule has 8 nitrogen and oxygen atoms in total. The van der Waals surface area contributed by atoms with Crippen LogP contribution in [-0.2, 0) is 11.2 Å². The third-order valence-corrected chi connectivity index (χ3v) is 4.75. The van der Waals surface area contributed by atoms with Crippen LogP contribution in [0.3, 0.4) is 0 Å². The standard InChI is InChI=1S/C22H29N5O3/c1-22(2,3)30-21(29)27-10-6-8-16(14-27)26-19-12-17(25-13-18(19)20(23)28)11-15-7-4-5-9-24-15/h4-5,7,9,12-13,16H,6,8,10-11,14H2,1-3H3,(H2,23,28)(H,25,26)/t16-/m1/s1. The Kier molecular flexibility index (Phi) is 6.54. The van der Waals surface area contributed by atoms with Gasteiger partial charge in [0.25, 0.3) is 5.91 Å². The predicted molar refractivity (Wildman–Crippen MR) is 114 cm³/mol. The molecule has 1 aliphatic rings. The van der Waals surface area contributed by atoms with Gasteiger partial charge in [0.1, 0.15) is 5.60 Å². The van der Waals surface area contributed by atoms with E-state index in [0.29, 0.717) is 30.8 Å². The minimum atomic E-state index is -0.547. The molecule has 0 radical (unpaired) electrons. The molecule has 0 aromatic carbocycles. The first-order chi connectivity index (χ1) is 14.2. The average Bonchev–Trinajstić information content (AvgIpc) is 2.68. The molecular weight excluding hydrogens is 382 g/mol. The molecule has 0 saturated carbocycles. The Morgan fingerprint density at radius 3 is 2.73 bits per heavy atom. The normalized spacial score (nSPS) is 16.8. The third-order valence-electron chi connectivity index (χ3n) is 4.75. The number of carbonyl (C=O) groups is 2. The third kappa shape index (κ3) is 5.92. The van der Waals surface area contributed by atoms with Crippen LogP contribution in [0.2, 0.25) is 0 Å². The second-order valence-electron chi connectivity index (χ2n) is 8.49. The maximum absolute atomic E-state index is 12.4. The number of pyridine rings is 2. The zero-order chi connectivity index (χ0) is 21.7. The number of carbonyl (C=O) groups excluding carboxylic acids is 2. The summed E-state index contributed by atoms with van der Waals surface area (Å²) in [5.41, 5.74) is 7.63. The van der Waals surface area contributed by atoms with Gasteiger partial charge in [-0.2, -0.15) is 0 Å². The summed E-state index contributed by atoms with van der Waals surface area (Å²) in [6.45, 7) is 6.69. The van der Waals surface area contributed by atoms with Crippen LogP contribution < -0.4 is 11.1 Å². The topological polar surface area (TPSA) is 110 Å². The number of amides is 2. The Labute approximate surface area is 176 Å². The monoisotopic (exact) mass is 411 g/mol. The van der Waals surface area contributed by atoms with Crippen LogP contribution in [0, 0.1) is 0 Å². The second-order valence-corrected chi connectivity index (χ2v) is 8.49. The molecule has 0 spiro atoms. The van der Waals surface area contributed by atoms with E-state index in [4.69, 9.17) is 10.5 Å². The first-order valence-electron chi connectivity index (χ1n) is 10.1. The van der Waals surface area contributed by atoms with Gasteiger partial charge in [-0.15, -0.1) is 0 Å². The van der Waals surface area contributed by atoms with Gasteiger partial charge >= 0.3 is 6.09 Å². The summed E-state index contributed by atoms with van der Waals surface area (Å²) < 4.78 is 5.49. The Bertz CT molecular complexity index is 895. The van der Waals surface area contributed by atoms with Crippen molar-refractivity contribution in [3.8, 4) is 0 Å². The highest BCUT2D eigenvalue weighted by Crippen LogP contribution is 2.22. The molecule has 2 aromatic rings. The molecule has 0 unspecified atom stereocenters. The second kappa shape index (κ2) is 9.11. The molecule has 8 heteroatoms. The van der Waals surface area contributed by atoms with Gasteiger partial charge in [-0.05, 0) is 51.8 Å². The van der Waals surface area contributed by atoms with Crippen molar-refractivity contribution < 1.29 is 14.3 Å². The number of piperidine rings is 1. The largest absolute Gasteiger partial charge is 0.444 e. The maximum Gasteiger partial charge on any atom is 0.410 e. The van der Waals surface area contributed by atoms with E-state index in [1.54, 1.807) is 11.1 Å². The van der Waals surface area contributed by atoms with Crippen LogP contribution in [-0.4, -0.2) is 51.6 Å². The molecule has 1 atom stereocenters. The molecule has 160 valence electrons. The molecule has 0 bridgehead atoms. The van der Waals surface area contributed by atoms with Crippen LogP contribution in [0.5, 0.6) is 0 Å². The highest BCUT2D eigenvalue weighted by molar-refractivity contribution is 5.98. The highest BCUT2D eigenvalue weighted by Gasteiger charge is 2.28. The molecule has 0 aliphatic carbocycles. The van der Waals surface area contributed by atoms with Crippen molar-refractivity contribution in [3.63, 3.8) is 0 Å². The van der Waals surface area contributed by atoms with Crippen LogP contribution in [0.25, 0.3) is 0 Å². The number of nitrogens with two attached hydrogens (primary N) is 1. The molecule has 1 aliphatic heterocycles. The van der Waals surface area contributed by atoms with Gasteiger partial charge in [-0.3, -0.25) is 14.8 Å². The number of hydrogen-bond donors (Lipinski definition) is 2. The lowest BCUT2D eigenvalue weighted by Crippen LogP contribution is -2.47. The summed E-state index contributed by atoms with van der Waals surface area (Å²) in [6.07, 6.45) is 5.17. The molecular formula is C22H29N5O3. The molecule has 30 heavy (non-hydrogen) atoms. The summed E-state index contributed by atoms with van der Waals surface area (Å²) in [5.74, 6) is -0.547. The van der Waals surface area contributed by atoms with Crippen molar-refractivity contribution in [2.75, 3.05) is 18.4 Å². The number of aromatic nitrogens is 2. The van der Waals surface area contributed by atoms with Gasteiger partial charge in [0.15, 0.2) is 0 Å². The fraction of sp³-hybridized carbons (Fsp3) is 0.455. The smallest absolute Gasteiger partial charge is 0.410 e. The number of nitrogens with zero attached hydrogens (tertiary/aromatic N) is 3. The number of likely N-dealkylation sites (tertiary alicyclic amines) is 1. The molecule has 2 aromatic heterocycles. The number of hydrogen-bond acceptors (Lipinski definition) is 6. The minimum absolute atomic E-state index is 0.0190. The zero-order valence-corrected chi connectivity index (χ0v) is 17.7. The van der Waals surface area contributed by atoms with Crippen molar-refractivity contribution in [1.82, 2.24) is 14.9 Å². The summed E-state index contributed by atoms with van der Waals surface area (Å²) in [7, 11) is 0. The molecule has 3 rings (SSSR count). The first-order valence-corrected chi connectivity index (χ1v) is 10.1. The van der Waals surface area contributed by atoms with E-state index in [1.807, 2.05) is 45.0 Å². The quantitative estimate of drug-likeness (QED) is 0.783. The van der Waals surface area contributed by atoms with Crippen LogP contribution >= 0.6 is 0 Å². The fourth-order valence-electron chi connectivity index (χ4n) is 3.41. The number of primary amides is 1. The van der Waals surface area contributed by atoms with Crippen molar-refractivity contribution in [1.29, 1.82) is 0 Å². The molecule has 1 fully saturated rings. The zero-order valence-electron chi connectivity index (χ0n) is 17.7. The van der Waals surface area contributed by atoms with E-state index < -0.39 is 11.5 Å². The summed E-state index contributed by atoms with van der Waals surface area (Å²) in [4.78, 5) is 34.7. The summed E-state index contributed by atoms with van der Waals surface area (Å²) in [6, 6.07) is 7.53. The molecule has 3 N–H and O–H groups in total. The van der Waals surface area contributed by atoms with E-state index in [1.165, 1.54) is 6.20 Å². The minimum Gasteiger partial charge on any atom is -0.444 e. The Balaban J connectivity index is 1.74. The summed E-state index contributed by atoms with van der Waals surface area (Å²) >= 11 is 0. The van der Waals surface area contributed by atoms with Crippen molar-refractivity contribution >= 4 is 17.7 Å². The lowest BCUT2D eigenvalue weighted by atomic mass is 10.0. The number of anilines is 1. The van der Waals surface area contributed by atoms with Crippen LogP contribution in [0.15, 0.2) is 36.7 Å². The SMILES string of the molecule is CC(C)(C)OC(=O)N1CCC[C@@H](Nc2cc(Cc3ccccn3)ncc2C(N)=O)C1. The van der Waals surface area contributed by atoms with Gasteiger partial charge in [0, 0.05) is 49.3 Å². The lowest BCUT2D eigenvalue weighted by Gasteiger charge is -2.35. The van der Waals surface area contributed by atoms with Gasteiger partial charge in [-0.25, -0.2) is 4.79 Å². The molecule has 1 saturated heterocycles. The Morgan fingerprint density at radius 2 is 2.07 bits per heavy atom. The van der Waals surface area contributed by atoms with E-state index >= 15 is 0 Å². The first kappa shape index (κ1) is 21.5. The van der Waals surface area contributed by atoms with Crippen molar-refractivity contribution in [2.24, 2.45) is 5.73 Å². The van der Waals surface area contributed by atoms with Gasteiger partial charge in [0.05, 0.1) is 11.3 Å². The highest BCUT2D eigenvalue weighted by atomic mass is 16.6. The maximum atomic E-state index is 12.4. The van der Waals surface area contributed by atoms with Gasteiger partial charge in [-0.1, -0.05) is 6.07 Å². The Hall–Kier alpha value is -3.16. The van der Waals surface area contributed by atoms with Gasteiger partial charge < -0.3 is 20.7 Å². The van der Waals surface area contributed by atoms with Gasteiger partial charge in [0.2, 0.25) is 0 Å². The van der Waals surface area contributed by atoms with E-state index in [-0.39, 0.29) is 12.1 Å². The molecule has 3 heterocycles. The summed E-state index contributed by atoms with van der Waals surface area (Å²) in [5, 5.41) is 3.39. The number of ether oxygens (including phenoxy) is 1.